The zero-order valence-electron chi connectivity index (χ0n) is 10.5. The Morgan fingerprint density at radius 1 is 1.32 bits per heavy atom. The van der Waals surface area contributed by atoms with Crippen LogP contribution in [-0.2, 0) is 6.42 Å². The number of carboxylic acids is 1. The second kappa shape index (κ2) is 5.95. The molecule has 0 aliphatic carbocycles. The van der Waals surface area contributed by atoms with E-state index in [0.717, 1.165) is 11.4 Å². The van der Waals surface area contributed by atoms with E-state index in [1.165, 1.54) is 6.07 Å². The van der Waals surface area contributed by atoms with Crippen LogP contribution in [0, 0.1) is 6.92 Å². The fourth-order valence-electron chi connectivity index (χ4n) is 1.60. The van der Waals surface area contributed by atoms with Crippen LogP contribution in [0.25, 0.3) is 0 Å². The van der Waals surface area contributed by atoms with Crippen molar-refractivity contribution in [2.45, 2.75) is 13.3 Å². The van der Waals surface area contributed by atoms with Crippen LogP contribution >= 0.6 is 0 Å². The van der Waals surface area contributed by atoms with Gasteiger partial charge in [0.25, 0.3) is 0 Å². The first kappa shape index (κ1) is 13.0. The van der Waals surface area contributed by atoms with E-state index in [4.69, 9.17) is 9.84 Å². The molecule has 5 heteroatoms. The second-order valence-electron chi connectivity index (χ2n) is 4.03. The molecule has 2 aromatic rings. The van der Waals surface area contributed by atoms with Crippen LogP contribution in [0.1, 0.15) is 21.7 Å². The first-order chi connectivity index (χ1) is 9.16. The number of carboxylic acid groups (broad SMARTS) is 1. The lowest BCUT2D eigenvalue weighted by atomic mass is 10.2. The van der Waals surface area contributed by atoms with E-state index in [1.54, 1.807) is 19.2 Å². The third-order valence-electron chi connectivity index (χ3n) is 2.55. The predicted octanol–water partition coefficient (Wildman–Crippen LogP) is 2.10. The van der Waals surface area contributed by atoms with Crippen molar-refractivity contribution in [1.29, 1.82) is 0 Å². The molecule has 2 heterocycles. The summed E-state index contributed by atoms with van der Waals surface area (Å²) in [5.74, 6) is -0.885. The molecule has 19 heavy (non-hydrogen) atoms. The lowest BCUT2D eigenvalue weighted by molar-refractivity contribution is 0.0691. The Balaban J connectivity index is 2.03. The van der Waals surface area contributed by atoms with Gasteiger partial charge in [0.15, 0.2) is 0 Å². The second-order valence-corrected chi connectivity index (χ2v) is 4.03. The molecule has 0 amide bonds. The molecule has 98 valence electrons. The first-order valence-electron chi connectivity index (χ1n) is 5.90. The van der Waals surface area contributed by atoms with Crippen LogP contribution in [0.5, 0.6) is 5.88 Å². The van der Waals surface area contributed by atoms with E-state index < -0.39 is 5.97 Å². The minimum Gasteiger partial charge on any atom is -0.477 e. The maximum absolute atomic E-state index is 11.0. The Hall–Kier alpha value is -2.43. The highest BCUT2D eigenvalue weighted by Gasteiger charge is 2.12. The van der Waals surface area contributed by atoms with E-state index in [2.05, 4.69) is 9.97 Å². The molecule has 0 spiro atoms. The number of hydrogen-bond acceptors (Lipinski definition) is 4. The summed E-state index contributed by atoms with van der Waals surface area (Å²) in [6.07, 6.45) is 2.32. The highest BCUT2D eigenvalue weighted by molar-refractivity contribution is 5.90. The van der Waals surface area contributed by atoms with Gasteiger partial charge in [0.05, 0.1) is 6.61 Å². The Morgan fingerprint density at radius 2 is 2.16 bits per heavy atom. The van der Waals surface area contributed by atoms with Gasteiger partial charge in [-0.25, -0.2) is 9.78 Å². The van der Waals surface area contributed by atoms with Crippen LogP contribution in [-0.4, -0.2) is 27.7 Å². The zero-order valence-corrected chi connectivity index (χ0v) is 10.5. The lowest BCUT2D eigenvalue weighted by Gasteiger charge is -2.08. The van der Waals surface area contributed by atoms with Gasteiger partial charge in [-0.05, 0) is 31.2 Å². The molecule has 0 bridgehead atoms. The summed E-state index contributed by atoms with van der Waals surface area (Å²) in [6, 6.07) is 8.78. The molecule has 0 aliphatic heterocycles. The maximum Gasteiger partial charge on any atom is 0.341 e. The molecule has 2 aromatic heterocycles. The van der Waals surface area contributed by atoms with E-state index in [0.29, 0.717) is 13.0 Å². The Morgan fingerprint density at radius 3 is 2.84 bits per heavy atom. The molecule has 5 nitrogen and oxygen atoms in total. The number of carbonyl (C=O) groups is 1. The fraction of sp³-hybridized carbons (Fsp3) is 0.214. The third-order valence-corrected chi connectivity index (χ3v) is 2.55. The van der Waals surface area contributed by atoms with Gasteiger partial charge in [-0.1, -0.05) is 6.07 Å². The molecular formula is C14H14N2O3. The summed E-state index contributed by atoms with van der Waals surface area (Å²) in [5.41, 5.74) is 1.69. The highest BCUT2D eigenvalue weighted by Crippen LogP contribution is 2.16. The molecule has 0 unspecified atom stereocenters. The lowest BCUT2D eigenvalue weighted by Crippen LogP contribution is -2.09. The van der Waals surface area contributed by atoms with Crippen LogP contribution in [0.15, 0.2) is 36.5 Å². The number of pyridine rings is 2. The fourth-order valence-corrected chi connectivity index (χ4v) is 1.60. The molecule has 0 atom stereocenters. The van der Waals surface area contributed by atoms with Crippen LogP contribution < -0.4 is 4.74 Å². The minimum absolute atomic E-state index is 0.0756. The van der Waals surface area contributed by atoms with Gasteiger partial charge in [0, 0.05) is 24.0 Å². The summed E-state index contributed by atoms with van der Waals surface area (Å²) >= 11 is 0. The molecule has 1 N–H and O–H groups in total. The van der Waals surface area contributed by atoms with Crippen molar-refractivity contribution in [1.82, 2.24) is 9.97 Å². The van der Waals surface area contributed by atoms with Crippen molar-refractivity contribution in [3.05, 3.63) is 53.5 Å². The third kappa shape index (κ3) is 3.51. The summed E-state index contributed by atoms with van der Waals surface area (Å²) in [6.45, 7) is 2.13. The standard InChI is InChI=1S/C14H14N2O3/c1-10-5-6-12(14(17)18)13(16-10)19-9-7-11-4-2-3-8-15-11/h2-6,8H,7,9H2,1H3,(H,17,18). The molecule has 0 aromatic carbocycles. The molecule has 0 saturated carbocycles. The zero-order chi connectivity index (χ0) is 13.7. The van der Waals surface area contributed by atoms with Crippen LogP contribution in [0.2, 0.25) is 0 Å². The molecule has 2 rings (SSSR count). The molecule has 0 aliphatic rings. The summed E-state index contributed by atoms with van der Waals surface area (Å²) in [7, 11) is 0. The van der Waals surface area contributed by atoms with E-state index in [9.17, 15) is 4.79 Å². The minimum atomic E-state index is -1.04. The average Bonchev–Trinajstić information content (AvgIpc) is 2.39. The van der Waals surface area contributed by atoms with E-state index in [-0.39, 0.29) is 11.4 Å². The van der Waals surface area contributed by atoms with Gasteiger partial charge in [-0.2, -0.15) is 0 Å². The Labute approximate surface area is 110 Å². The van der Waals surface area contributed by atoms with Gasteiger partial charge in [-0.3, -0.25) is 4.98 Å². The molecule has 0 saturated heterocycles. The largest absolute Gasteiger partial charge is 0.477 e. The summed E-state index contributed by atoms with van der Waals surface area (Å²) < 4.78 is 5.45. The van der Waals surface area contributed by atoms with E-state index in [1.807, 2.05) is 18.2 Å². The smallest absolute Gasteiger partial charge is 0.341 e. The van der Waals surface area contributed by atoms with Crippen molar-refractivity contribution in [2.75, 3.05) is 6.61 Å². The predicted molar refractivity (Wildman–Crippen MR) is 69.4 cm³/mol. The van der Waals surface area contributed by atoms with Crippen LogP contribution in [0.3, 0.4) is 0 Å². The Bertz CT molecular complexity index is 570. The van der Waals surface area contributed by atoms with Gasteiger partial charge in [-0.15, -0.1) is 0 Å². The first-order valence-corrected chi connectivity index (χ1v) is 5.90. The van der Waals surface area contributed by atoms with Crippen molar-refractivity contribution in [3.8, 4) is 5.88 Å². The SMILES string of the molecule is Cc1ccc(C(=O)O)c(OCCc2ccccn2)n1. The number of aromatic carboxylic acids is 1. The van der Waals surface area contributed by atoms with Crippen molar-refractivity contribution in [3.63, 3.8) is 0 Å². The number of nitrogens with zero attached hydrogens (tertiary/aromatic N) is 2. The summed E-state index contributed by atoms with van der Waals surface area (Å²) in [5, 5.41) is 9.04. The average molecular weight is 258 g/mol. The normalized spacial score (nSPS) is 10.2. The summed E-state index contributed by atoms with van der Waals surface area (Å²) in [4.78, 5) is 19.3. The highest BCUT2D eigenvalue weighted by atomic mass is 16.5. The van der Waals surface area contributed by atoms with Gasteiger partial charge >= 0.3 is 5.97 Å². The molecule has 0 fully saturated rings. The quantitative estimate of drug-likeness (QED) is 0.889. The number of ether oxygens (including phenoxy) is 1. The van der Waals surface area contributed by atoms with Crippen molar-refractivity contribution in [2.24, 2.45) is 0 Å². The monoisotopic (exact) mass is 258 g/mol. The number of aromatic nitrogens is 2. The van der Waals surface area contributed by atoms with Crippen molar-refractivity contribution >= 4 is 5.97 Å². The van der Waals surface area contributed by atoms with Crippen molar-refractivity contribution < 1.29 is 14.6 Å². The molecular weight excluding hydrogens is 244 g/mol. The van der Waals surface area contributed by atoms with Gasteiger partial charge in [0.1, 0.15) is 5.56 Å². The van der Waals surface area contributed by atoms with E-state index >= 15 is 0 Å². The topological polar surface area (TPSA) is 72.3 Å². The number of aryl methyl sites for hydroxylation is 1. The van der Waals surface area contributed by atoms with Gasteiger partial charge < -0.3 is 9.84 Å². The van der Waals surface area contributed by atoms with Crippen LogP contribution in [0.4, 0.5) is 0 Å². The Kier molecular flexibility index (Phi) is 4.07. The van der Waals surface area contributed by atoms with Gasteiger partial charge in [0.2, 0.25) is 5.88 Å². The number of hydrogen-bond donors (Lipinski definition) is 1. The molecule has 0 radical (unpaired) electrons. The maximum atomic E-state index is 11.0. The number of rotatable bonds is 5.